The minimum absolute atomic E-state index is 0.127. The SMILES string of the molecule is CCCCCCCCCCCC(CCCCCC)COS(=O)(=O)O. The molecule has 1 atom stereocenters. The van der Waals surface area contributed by atoms with Crippen LogP contribution in [0.15, 0.2) is 0 Å². The summed E-state index contributed by atoms with van der Waals surface area (Å²) in [6.45, 7) is 4.55. The average Bonchev–Trinajstić information content (AvgIpc) is 2.53. The first kappa shape index (κ1) is 23.9. The maximum absolute atomic E-state index is 10.8. The summed E-state index contributed by atoms with van der Waals surface area (Å²) in [5.41, 5.74) is 0. The Morgan fingerprint density at radius 2 is 1.08 bits per heavy atom. The molecule has 0 saturated carbocycles. The molecule has 0 bridgehead atoms. The second kappa shape index (κ2) is 16.3. The van der Waals surface area contributed by atoms with E-state index in [1.54, 1.807) is 0 Å². The lowest BCUT2D eigenvalue weighted by Gasteiger charge is -2.16. The first-order valence-electron chi connectivity index (χ1n) is 10.1. The Morgan fingerprint density at radius 1 is 0.708 bits per heavy atom. The van der Waals surface area contributed by atoms with E-state index in [-0.39, 0.29) is 12.5 Å². The highest BCUT2D eigenvalue weighted by Gasteiger charge is 2.13. The highest BCUT2D eigenvalue weighted by atomic mass is 32.3. The molecule has 0 aliphatic heterocycles. The lowest BCUT2D eigenvalue weighted by Crippen LogP contribution is -2.14. The number of unbranched alkanes of at least 4 members (excludes halogenated alkanes) is 11. The van der Waals surface area contributed by atoms with Gasteiger partial charge in [-0.3, -0.25) is 4.55 Å². The highest BCUT2D eigenvalue weighted by Crippen LogP contribution is 2.20. The fourth-order valence-electron chi connectivity index (χ4n) is 3.10. The molecular weight excluding hydrogens is 324 g/mol. The molecule has 0 aromatic carbocycles. The molecule has 1 unspecified atom stereocenters. The third-order valence-electron chi connectivity index (χ3n) is 4.63. The lowest BCUT2D eigenvalue weighted by atomic mass is 9.95. The van der Waals surface area contributed by atoms with Crippen molar-refractivity contribution in [2.75, 3.05) is 6.61 Å². The van der Waals surface area contributed by atoms with Crippen molar-refractivity contribution in [1.29, 1.82) is 0 Å². The largest absolute Gasteiger partial charge is 0.397 e. The molecule has 24 heavy (non-hydrogen) atoms. The van der Waals surface area contributed by atoms with Gasteiger partial charge in [0.1, 0.15) is 0 Å². The molecule has 0 rings (SSSR count). The smallest absolute Gasteiger partial charge is 0.264 e. The molecule has 0 fully saturated rings. The van der Waals surface area contributed by atoms with Gasteiger partial charge in [-0.15, -0.1) is 0 Å². The Kier molecular flexibility index (Phi) is 16.3. The van der Waals surface area contributed by atoms with Crippen LogP contribution in [-0.2, 0) is 14.6 Å². The van der Waals surface area contributed by atoms with E-state index in [9.17, 15) is 8.42 Å². The normalized spacial score (nSPS) is 13.3. The number of rotatable bonds is 18. The fourth-order valence-corrected chi connectivity index (χ4v) is 3.46. The Morgan fingerprint density at radius 3 is 1.50 bits per heavy atom. The van der Waals surface area contributed by atoms with Gasteiger partial charge in [-0.25, -0.2) is 4.18 Å². The van der Waals surface area contributed by atoms with Crippen LogP contribution >= 0.6 is 0 Å². The summed E-state index contributed by atoms with van der Waals surface area (Å²) in [4.78, 5) is 0. The van der Waals surface area contributed by atoms with Crippen LogP contribution in [0.2, 0.25) is 0 Å². The van der Waals surface area contributed by atoms with E-state index in [4.69, 9.17) is 4.55 Å². The van der Waals surface area contributed by atoms with E-state index in [1.165, 1.54) is 70.6 Å². The van der Waals surface area contributed by atoms with Gasteiger partial charge in [0.15, 0.2) is 0 Å². The maximum atomic E-state index is 10.8. The van der Waals surface area contributed by atoms with Crippen LogP contribution in [0.4, 0.5) is 0 Å². The molecule has 0 amide bonds. The topological polar surface area (TPSA) is 63.6 Å². The number of hydrogen-bond donors (Lipinski definition) is 1. The summed E-state index contributed by atoms with van der Waals surface area (Å²) in [5, 5.41) is 0. The summed E-state index contributed by atoms with van der Waals surface area (Å²) in [5.74, 6) is 0.244. The van der Waals surface area contributed by atoms with Crippen LogP contribution in [0.5, 0.6) is 0 Å². The van der Waals surface area contributed by atoms with Gasteiger partial charge in [-0.2, -0.15) is 8.42 Å². The van der Waals surface area contributed by atoms with Gasteiger partial charge in [0.2, 0.25) is 0 Å². The van der Waals surface area contributed by atoms with Crippen molar-refractivity contribution >= 4 is 10.4 Å². The summed E-state index contributed by atoms with van der Waals surface area (Å²) < 4.78 is 34.9. The fraction of sp³-hybridized carbons (Fsp3) is 1.00. The van der Waals surface area contributed by atoms with Gasteiger partial charge in [0.25, 0.3) is 0 Å². The minimum Gasteiger partial charge on any atom is -0.264 e. The molecule has 4 nitrogen and oxygen atoms in total. The molecule has 0 aliphatic carbocycles. The van der Waals surface area contributed by atoms with Crippen molar-refractivity contribution in [2.24, 2.45) is 5.92 Å². The lowest BCUT2D eigenvalue weighted by molar-refractivity contribution is 0.204. The second-order valence-electron chi connectivity index (χ2n) is 7.04. The van der Waals surface area contributed by atoms with E-state index in [2.05, 4.69) is 18.0 Å². The van der Waals surface area contributed by atoms with Crippen molar-refractivity contribution < 1.29 is 17.2 Å². The van der Waals surface area contributed by atoms with Crippen LogP contribution in [0.25, 0.3) is 0 Å². The van der Waals surface area contributed by atoms with E-state index in [0.29, 0.717) is 0 Å². The Labute approximate surface area is 150 Å². The van der Waals surface area contributed by atoms with E-state index in [0.717, 1.165) is 25.7 Å². The van der Waals surface area contributed by atoms with Crippen molar-refractivity contribution in [3.8, 4) is 0 Å². The quantitative estimate of drug-likeness (QED) is 0.228. The van der Waals surface area contributed by atoms with Crippen molar-refractivity contribution in [3.05, 3.63) is 0 Å². The molecule has 0 aliphatic rings. The summed E-state index contributed by atoms with van der Waals surface area (Å²) in [6.07, 6.45) is 18.4. The summed E-state index contributed by atoms with van der Waals surface area (Å²) >= 11 is 0. The van der Waals surface area contributed by atoms with Gasteiger partial charge in [0, 0.05) is 0 Å². The van der Waals surface area contributed by atoms with Crippen LogP contribution in [0, 0.1) is 5.92 Å². The second-order valence-corrected chi connectivity index (χ2v) is 8.14. The predicted octanol–water partition coefficient (Wildman–Crippen LogP) is 6.31. The first-order valence-corrected chi connectivity index (χ1v) is 11.5. The Bertz CT molecular complexity index is 354. The van der Waals surface area contributed by atoms with Crippen LogP contribution in [0.1, 0.15) is 110 Å². The van der Waals surface area contributed by atoms with Gasteiger partial charge in [-0.1, -0.05) is 97.3 Å². The zero-order chi connectivity index (χ0) is 18.1. The van der Waals surface area contributed by atoms with Crippen LogP contribution < -0.4 is 0 Å². The molecule has 146 valence electrons. The molecule has 0 spiro atoms. The van der Waals surface area contributed by atoms with Gasteiger partial charge in [-0.05, 0) is 18.8 Å². The van der Waals surface area contributed by atoms with E-state index < -0.39 is 10.4 Å². The van der Waals surface area contributed by atoms with Gasteiger partial charge in [0.05, 0.1) is 6.61 Å². The number of hydrogen-bond acceptors (Lipinski definition) is 3. The molecule has 0 aromatic rings. The molecule has 0 radical (unpaired) electrons. The standard InChI is InChI=1S/C19H40O4S/c1-3-5-7-9-10-11-12-13-15-17-19(16-14-8-6-4-2)18-23-24(20,21)22/h19H,3-18H2,1-2H3,(H,20,21,22). The third-order valence-corrected chi connectivity index (χ3v) is 5.07. The average molecular weight is 365 g/mol. The molecule has 0 aromatic heterocycles. The predicted molar refractivity (Wildman–Crippen MR) is 102 cm³/mol. The summed E-state index contributed by atoms with van der Waals surface area (Å²) in [7, 11) is -4.30. The van der Waals surface area contributed by atoms with Gasteiger partial charge >= 0.3 is 10.4 Å². The monoisotopic (exact) mass is 364 g/mol. The van der Waals surface area contributed by atoms with Crippen LogP contribution in [0.3, 0.4) is 0 Å². The highest BCUT2D eigenvalue weighted by molar-refractivity contribution is 7.80. The Hall–Kier alpha value is -0.130. The van der Waals surface area contributed by atoms with Crippen molar-refractivity contribution in [2.45, 2.75) is 110 Å². The van der Waals surface area contributed by atoms with E-state index >= 15 is 0 Å². The Balaban J connectivity index is 3.77. The zero-order valence-electron chi connectivity index (χ0n) is 16.0. The van der Waals surface area contributed by atoms with Gasteiger partial charge < -0.3 is 0 Å². The van der Waals surface area contributed by atoms with Crippen LogP contribution in [-0.4, -0.2) is 19.6 Å². The molecule has 1 N–H and O–H groups in total. The third kappa shape index (κ3) is 18.2. The molecular formula is C19H40O4S. The summed E-state index contributed by atoms with van der Waals surface area (Å²) in [6, 6.07) is 0. The molecule has 0 saturated heterocycles. The molecule has 0 heterocycles. The maximum Gasteiger partial charge on any atom is 0.397 e. The van der Waals surface area contributed by atoms with Crippen molar-refractivity contribution in [3.63, 3.8) is 0 Å². The first-order chi connectivity index (χ1) is 11.5. The van der Waals surface area contributed by atoms with Crippen molar-refractivity contribution in [1.82, 2.24) is 0 Å². The minimum atomic E-state index is -4.30. The molecule has 5 heteroatoms. The van der Waals surface area contributed by atoms with E-state index in [1.807, 2.05) is 0 Å². The zero-order valence-corrected chi connectivity index (χ0v) is 16.8.